The lowest BCUT2D eigenvalue weighted by molar-refractivity contribution is 1.08. The molecule has 0 radical (unpaired) electrons. The molecule has 3 aromatic rings. The lowest BCUT2D eigenvalue weighted by atomic mass is 10.2. The Hall–Kier alpha value is -1.36. The molecule has 0 unspecified atom stereocenters. The van der Waals surface area contributed by atoms with Gasteiger partial charge in [0.05, 0.1) is 15.6 Å². The highest BCUT2D eigenvalue weighted by Gasteiger charge is 2.15. The van der Waals surface area contributed by atoms with E-state index < -0.39 is 0 Å². The van der Waals surface area contributed by atoms with Crippen molar-refractivity contribution in [3.05, 3.63) is 45.8 Å². The first-order valence-corrected chi connectivity index (χ1v) is 6.11. The second-order valence-corrected chi connectivity index (χ2v) is 4.76. The molecule has 0 aliphatic carbocycles. The average Bonchev–Trinajstić information content (AvgIpc) is 2.72. The summed E-state index contributed by atoms with van der Waals surface area (Å²) in [6, 6.07) is 6.87. The summed E-state index contributed by atoms with van der Waals surface area (Å²) in [5, 5.41) is 9.45. The molecule has 0 bridgehead atoms. The maximum atomic E-state index is 6.14. The van der Waals surface area contributed by atoms with E-state index in [0.29, 0.717) is 32.2 Å². The normalized spacial score (nSPS) is 11.1. The van der Waals surface area contributed by atoms with Crippen LogP contribution in [0.1, 0.15) is 0 Å². The summed E-state index contributed by atoms with van der Waals surface area (Å²) in [6.45, 7) is 0. The van der Waals surface area contributed by atoms with Crippen LogP contribution in [-0.4, -0.2) is 19.6 Å². The molecule has 7 heteroatoms. The first-order chi connectivity index (χ1) is 8.66. The van der Waals surface area contributed by atoms with E-state index in [4.69, 9.17) is 34.8 Å². The van der Waals surface area contributed by atoms with E-state index >= 15 is 0 Å². The molecule has 18 heavy (non-hydrogen) atoms. The first kappa shape index (κ1) is 11.7. The SMILES string of the molecule is Clc1cc2nnc(-c3c(Cl)cccc3Cl)n2cn1. The third-order valence-electron chi connectivity index (χ3n) is 2.45. The summed E-state index contributed by atoms with van der Waals surface area (Å²) in [5.41, 5.74) is 1.21. The van der Waals surface area contributed by atoms with Crippen LogP contribution in [0.15, 0.2) is 30.6 Å². The zero-order chi connectivity index (χ0) is 12.7. The van der Waals surface area contributed by atoms with Gasteiger partial charge in [-0.1, -0.05) is 40.9 Å². The molecule has 2 aromatic heterocycles. The molecular weight excluding hydrogens is 295 g/mol. The van der Waals surface area contributed by atoms with Crippen LogP contribution in [-0.2, 0) is 0 Å². The molecule has 0 aliphatic rings. The fraction of sp³-hybridized carbons (Fsp3) is 0. The molecule has 0 saturated heterocycles. The molecule has 0 amide bonds. The topological polar surface area (TPSA) is 43.1 Å². The quantitative estimate of drug-likeness (QED) is 0.643. The highest BCUT2D eigenvalue weighted by atomic mass is 35.5. The fourth-order valence-corrected chi connectivity index (χ4v) is 2.36. The van der Waals surface area contributed by atoms with Crippen molar-refractivity contribution in [3.63, 3.8) is 0 Å². The third kappa shape index (κ3) is 1.82. The molecule has 0 fully saturated rings. The van der Waals surface area contributed by atoms with Gasteiger partial charge in [-0.3, -0.25) is 4.40 Å². The van der Waals surface area contributed by atoms with Crippen molar-refractivity contribution in [2.75, 3.05) is 0 Å². The van der Waals surface area contributed by atoms with Crippen LogP contribution < -0.4 is 0 Å². The molecule has 0 saturated carbocycles. The Balaban J connectivity index is 2.32. The number of nitrogens with zero attached hydrogens (tertiary/aromatic N) is 4. The van der Waals surface area contributed by atoms with Crippen molar-refractivity contribution in [1.82, 2.24) is 19.6 Å². The van der Waals surface area contributed by atoms with Crippen molar-refractivity contribution in [2.24, 2.45) is 0 Å². The number of rotatable bonds is 1. The molecule has 1 aromatic carbocycles. The summed E-state index contributed by atoms with van der Waals surface area (Å²) < 4.78 is 1.68. The first-order valence-electron chi connectivity index (χ1n) is 4.97. The van der Waals surface area contributed by atoms with E-state index in [1.165, 1.54) is 6.33 Å². The molecule has 4 nitrogen and oxygen atoms in total. The van der Waals surface area contributed by atoms with Crippen molar-refractivity contribution in [3.8, 4) is 11.4 Å². The van der Waals surface area contributed by atoms with E-state index in [1.807, 2.05) is 0 Å². The number of fused-ring (bicyclic) bond motifs is 1. The Morgan fingerprint density at radius 3 is 2.44 bits per heavy atom. The Kier molecular flexibility index (Phi) is 2.86. The molecule has 0 aliphatic heterocycles. The Labute approximate surface area is 117 Å². The van der Waals surface area contributed by atoms with Crippen molar-refractivity contribution < 1.29 is 0 Å². The predicted octanol–water partition coefficient (Wildman–Crippen LogP) is 3.75. The van der Waals surface area contributed by atoms with Gasteiger partial charge < -0.3 is 0 Å². The summed E-state index contributed by atoms with van der Waals surface area (Å²) in [6.07, 6.45) is 1.53. The van der Waals surface area contributed by atoms with Crippen molar-refractivity contribution in [1.29, 1.82) is 0 Å². The van der Waals surface area contributed by atoms with Gasteiger partial charge in [0, 0.05) is 6.07 Å². The van der Waals surface area contributed by atoms with Gasteiger partial charge in [-0.15, -0.1) is 10.2 Å². The van der Waals surface area contributed by atoms with Gasteiger partial charge in [0.25, 0.3) is 0 Å². The molecule has 0 spiro atoms. The number of benzene rings is 1. The summed E-state index contributed by atoms with van der Waals surface area (Å²) >= 11 is 18.1. The molecule has 90 valence electrons. The number of hydrogen-bond donors (Lipinski definition) is 0. The molecular formula is C11H5Cl3N4. The van der Waals surface area contributed by atoms with Crippen molar-refractivity contribution >= 4 is 40.4 Å². The molecule has 0 atom stereocenters. The minimum absolute atomic E-state index is 0.353. The Morgan fingerprint density at radius 2 is 1.72 bits per heavy atom. The highest BCUT2D eigenvalue weighted by Crippen LogP contribution is 2.33. The summed E-state index contributed by atoms with van der Waals surface area (Å²) in [4.78, 5) is 3.99. The monoisotopic (exact) mass is 298 g/mol. The largest absolute Gasteiger partial charge is 0.265 e. The summed E-state index contributed by atoms with van der Waals surface area (Å²) in [7, 11) is 0. The van der Waals surface area contributed by atoms with Gasteiger partial charge in [0.1, 0.15) is 11.5 Å². The van der Waals surface area contributed by atoms with Crippen LogP contribution in [0.25, 0.3) is 17.0 Å². The lowest BCUT2D eigenvalue weighted by Crippen LogP contribution is -1.92. The van der Waals surface area contributed by atoms with Gasteiger partial charge in [-0.05, 0) is 12.1 Å². The van der Waals surface area contributed by atoms with Gasteiger partial charge in [-0.25, -0.2) is 4.98 Å². The maximum Gasteiger partial charge on any atom is 0.172 e. The molecule has 0 N–H and O–H groups in total. The second-order valence-electron chi connectivity index (χ2n) is 3.56. The van der Waals surface area contributed by atoms with Crippen LogP contribution in [0.3, 0.4) is 0 Å². The van der Waals surface area contributed by atoms with E-state index in [0.717, 1.165) is 0 Å². The minimum atomic E-state index is 0.353. The van der Waals surface area contributed by atoms with E-state index in [9.17, 15) is 0 Å². The minimum Gasteiger partial charge on any atom is -0.265 e. The van der Waals surface area contributed by atoms with Crippen LogP contribution in [0.5, 0.6) is 0 Å². The van der Waals surface area contributed by atoms with Crippen molar-refractivity contribution in [2.45, 2.75) is 0 Å². The number of halogens is 3. The molecule has 2 heterocycles. The second kappa shape index (κ2) is 4.39. The predicted molar refractivity (Wildman–Crippen MR) is 71.2 cm³/mol. The Bertz CT molecular complexity index is 718. The lowest BCUT2D eigenvalue weighted by Gasteiger charge is -2.04. The van der Waals surface area contributed by atoms with Gasteiger partial charge in [0.2, 0.25) is 0 Å². The zero-order valence-electron chi connectivity index (χ0n) is 8.81. The maximum absolute atomic E-state index is 6.14. The van der Waals surface area contributed by atoms with Gasteiger partial charge in [-0.2, -0.15) is 0 Å². The van der Waals surface area contributed by atoms with Crippen LogP contribution in [0, 0.1) is 0 Å². The smallest absolute Gasteiger partial charge is 0.172 e. The summed E-state index contributed by atoms with van der Waals surface area (Å²) in [5.74, 6) is 0.532. The number of hydrogen-bond acceptors (Lipinski definition) is 3. The zero-order valence-corrected chi connectivity index (χ0v) is 11.1. The standard InChI is InChI=1S/C11H5Cl3N4/c12-6-2-1-3-7(13)10(6)11-17-16-9-4-8(14)15-5-18(9)11/h1-5H. The van der Waals surface area contributed by atoms with E-state index in [1.54, 1.807) is 28.7 Å². The van der Waals surface area contributed by atoms with Gasteiger partial charge >= 0.3 is 0 Å². The van der Waals surface area contributed by atoms with E-state index in [-0.39, 0.29) is 0 Å². The average molecular weight is 300 g/mol. The van der Waals surface area contributed by atoms with Crippen LogP contribution in [0.4, 0.5) is 0 Å². The van der Waals surface area contributed by atoms with Crippen LogP contribution >= 0.6 is 34.8 Å². The van der Waals surface area contributed by atoms with Gasteiger partial charge in [0.15, 0.2) is 11.5 Å². The highest BCUT2D eigenvalue weighted by molar-refractivity contribution is 6.39. The van der Waals surface area contributed by atoms with E-state index in [2.05, 4.69) is 15.2 Å². The Morgan fingerprint density at radius 1 is 1.00 bits per heavy atom. The van der Waals surface area contributed by atoms with Crippen LogP contribution in [0.2, 0.25) is 15.2 Å². The fourth-order valence-electron chi connectivity index (χ4n) is 1.65. The third-order valence-corrected chi connectivity index (χ3v) is 3.29. The number of aromatic nitrogens is 4. The molecule has 3 rings (SSSR count).